The van der Waals surface area contributed by atoms with Gasteiger partial charge in [0, 0.05) is 11.6 Å². The Hall–Kier alpha value is -3.48. The molecule has 26 heavy (non-hydrogen) atoms. The minimum absolute atomic E-state index is 0.0120. The highest BCUT2D eigenvalue weighted by Crippen LogP contribution is 2.40. The third-order valence-electron chi connectivity index (χ3n) is 3.56. The number of aromatic carboxylic acids is 1. The molecule has 0 aliphatic rings. The van der Waals surface area contributed by atoms with Crippen molar-refractivity contribution in [3.05, 3.63) is 53.6 Å². The molecule has 2 N–H and O–H groups in total. The van der Waals surface area contributed by atoms with Gasteiger partial charge in [0.25, 0.3) is 0 Å². The first-order valence-corrected chi connectivity index (χ1v) is 7.62. The summed E-state index contributed by atoms with van der Waals surface area (Å²) in [7, 11) is 4.49. The molecule has 0 heterocycles. The highest BCUT2D eigenvalue weighted by Gasteiger charge is 2.15. The molecule has 1 amide bonds. The number of nitrogens with one attached hydrogen (secondary N) is 1. The molecule has 136 valence electrons. The molecular formula is C19H19NO6. The molecule has 0 aromatic heterocycles. The molecule has 0 aliphatic carbocycles. The van der Waals surface area contributed by atoms with Gasteiger partial charge in [-0.05, 0) is 30.3 Å². The van der Waals surface area contributed by atoms with Gasteiger partial charge in [-0.3, -0.25) is 4.79 Å². The summed E-state index contributed by atoms with van der Waals surface area (Å²) >= 11 is 0. The normalized spacial score (nSPS) is 10.4. The Morgan fingerprint density at radius 1 is 0.962 bits per heavy atom. The number of hydrogen-bond acceptors (Lipinski definition) is 5. The molecule has 7 heteroatoms. The molecule has 0 atom stereocenters. The lowest BCUT2D eigenvalue weighted by Gasteiger charge is -2.14. The van der Waals surface area contributed by atoms with Gasteiger partial charge in [0.05, 0.1) is 32.6 Å². The number of ether oxygens (including phenoxy) is 3. The quantitative estimate of drug-likeness (QED) is 0.740. The first-order chi connectivity index (χ1) is 12.5. The van der Waals surface area contributed by atoms with Crippen molar-refractivity contribution in [3.8, 4) is 17.2 Å². The zero-order chi connectivity index (χ0) is 19.1. The van der Waals surface area contributed by atoms with Crippen molar-refractivity contribution in [2.45, 2.75) is 0 Å². The van der Waals surface area contributed by atoms with Crippen LogP contribution >= 0.6 is 0 Å². The van der Waals surface area contributed by atoms with Crippen molar-refractivity contribution >= 4 is 23.6 Å². The molecule has 0 saturated heterocycles. The molecular weight excluding hydrogens is 338 g/mol. The van der Waals surface area contributed by atoms with Gasteiger partial charge in [0.15, 0.2) is 11.5 Å². The summed E-state index contributed by atoms with van der Waals surface area (Å²) in [4.78, 5) is 23.3. The van der Waals surface area contributed by atoms with E-state index in [0.29, 0.717) is 22.8 Å². The third kappa shape index (κ3) is 4.13. The van der Waals surface area contributed by atoms with Crippen molar-refractivity contribution in [3.63, 3.8) is 0 Å². The number of carboxylic acids is 1. The van der Waals surface area contributed by atoms with Crippen molar-refractivity contribution in [1.29, 1.82) is 0 Å². The van der Waals surface area contributed by atoms with Crippen molar-refractivity contribution in [2.75, 3.05) is 26.6 Å². The second kappa shape index (κ2) is 8.57. The summed E-state index contributed by atoms with van der Waals surface area (Å²) in [5.74, 6) is -0.265. The molecule has 0 fully saturated rings. The second-order valence-corrected chi connectivity index (χ2v) is 5.10. The fourth-order valence-electron chi connectivity index (χ4n) is 2.37. The Balaban J connectivity index is 2.25. The van der Waals surface area contributed by atoms with Crippen LogP contribution in [0.1, 0.15) is 15.9 Å². The highest BCUT2D eigenvalue weighted by molar-refractivity contribution is 6.06. The smallest absolute Gasteiger partial charge is 0.337 e. The Bertz CT molecular complexity index is 844. The lowest BCUT2D eigenvalue weighted by molar-refractivity contribution is -0.111. The fraction of sp³-hybridized carbons (Fsp3) is 0.158. The average molecular weight is 357 g/mol. The van der Waals surface area contributed by atoms with Crippen LogP contribution in [0.15, 0.2) is 42.5 Å². The molecule has 0 radical (unpaired) electrons. The van der Waals surface area contributed by atoms with Crippen LogP contribution in [0.3, 0.4) is 0 Å². The predicted molar refractivity (Wildman–Crippen MR) is 97.2 cm³/mol. The van der Waals surface area contributed by atoms with Crippen LogP contribution in [0.25, 0.3) is 6.08 Å². The van der Waals surface area contributed by atoms with Gasteiger partial charge < -0.3 is 24.6 Å². The van der Waals surface area contributed by atoms with Gasteiger partial charge in [0.2, 0.25) is 11.7 Å². The molecule has 0 unspecified atom stereocenters. The monoisotopic (exact) mass is 357 g/mol. The van der Waals surface area contributed by atoms with E-state index in [4.69, 9.17) is 19.3 Å². The zero-order valence-electron chi connectivity index (χ0n) is 14.6. The van der Waals surface area contributed by atoms with E-state index in [1.807, 2.05) is 0 Å². The summed E-state index contributed by atoms with van der Waals surface area (Å²) in [6.07, 6.45) is 2.82. The van der Waals surface area contributed by atoms with Crippen LogP contribution in [0.2, 0.25) is 0 Å². The number of hydrogen-bond donors (Lipinski definition) is 2. The molecule has 2 aromatic carbocycles. The third-order valence-corrected chi connectivity index (χ3v) is 3.56. The minimum atomic E-state index is -1.12. The van der Waals surface area contributed by atoms with E-state index in [-0.39, 0.29) is 11.3 Å². The first kappa shape index (κ1) is 18.9. The molecule has 0 aliphatic heterocycles. The summed E-state index contributed by atoms with van der Waals surface area (Å²) in [6, 6.07) is 9.58. The number of carbonyl (C=O) groups excluding carboxylic acids is 1. The number of anilines is 1. The zero-order valence-corrected chi connectivity index (χ0v) is 14.6. The number of rotatable bonds is 7. The molecule has 0 spiro atoms. The number of methoxy groups -OCH3 is 3. The minimum Gasteiger partial charge on any atom is -0.493 e. The van der Waals surface area contributed by atoms with Crippen LogP contribution in [0.4, 0.5) is 5.69 Å². The standard InChI is InChI=1S/C19H19NO6/c1-24-15-10-8-12(17(25-2)18(15)26-3)9-11-16(21)20-14-7-5-4-6-13(14)19(22)23/h4-11H,1-3H3,(H,20,21)(H,22,23). The molecule has 2 rings (SSSR count). The van der Waals surface area contributed by atoms with Crippen LogP contribution in [-0.2, 0) is 4.79 Å². The highest BCUT2D eigenvalue weighted by atomic mass is 16.5. The number of amides is 1. The average Bonchev–Trinajstić information content (AvgIpc) is 2.65. The van der Waals surface area contributed by atoms with Gasteiger partial charge in [-0.25, -0.2) is 4.79 Å². The molecule has 2 aromatic rings. The Morgan fingerprint density at radius 3 is 2.27 bits per heavy atom. The molecule has 0 saturated carbocycles. The number of benzene rings is 2. The van der Waals surface area contributed by atoms with Crippen molar-refractivity contribution in [2.24, 2.45) is 0 Å². The summed E-state index contributed by atoms with van der Waals surface area (Å²) in [5, 5.41) is 11.7. The summed E-state index contributed by atoms with van der Waals surface area (Å²) < 4.78 is 15.8. The van der Waals surface area contributed by atoms with E-state index in [1.165, 1.54) is 39.5 Å². The Labute approximate surface area is 150 Å². The van der Waals surface area contributed by atoms with E-state index in [2.05, 4.69) is 5.32 Å². The first-order valence-electron chi connectivity index (χ1n) is 7.62. The summed E-state index contributed by atoms with van der Waals surface area (Å²) in [5.41, 5.74) is 0.832. The summed E-state index contributed by atoms with van der Waals surface area (Å²) in [6.45, 7) is 0. The van der Waals surface area contributed by atoms with Crippen LogP contribution in [-0.4, -0.2) is 38.3 Å². The van der Waals surface area contributed by atoms with Gasteiger partial charge >= 0.3 is 5.97 Å². The predicted octanol–water partition coefficient (Wildman–Crippen LogP) is 3.06. The van der Waals surface area contributed by atoms with Gasteiger partial charge in [-0.2, -0.15) is 0 Å². The maximum atomic E-state index is 12.2. The topological polar surface area (TPSA) is 94.1 Å². The lowest BCUT2D eigenvalue weighted by Crippen LogP contribution is -2.11. The van der Waals surface area contributed by atoms with Crippen LogP contribution < -0.4 is 19.5 Å². The Morgan fingerprint density at radius 2 is 1.65 bits per heavy atom. The van der Waals surface area contributed by atoms with Crippen molar-refractivity contribution in [1.82, 2.24) is 0 Å². The number of carboxylic acid groups (broad SMARTS) is 1. The van der Waals surface area contributed by atoms with E-state index in [9.17, 15) is 9.59 Å². The van der Waals surface area contributed by atoms with Gasteiger partial charge in [-0.1, -0.05) is 12.1 Å². The maximum absolute atomic E-state index is 12.2. The van der Waals surface area contributed by atoms with E-state index < -0.39 is 11.9 Å². The molecule has 7 nitrogen and oxygen atoms in total. The van der Waals surface area contributed by atoms with Gasteiger partial charge in [0.1, 0.15) is 0 Å². The lowest BCUT2D eigenvalue weighted by atomic mass is 10.1. The number of para-hydroxylation sites is 1. The largest absolute Gasteiger partial charge is 0.493 e. The van der Waals surface area contributed by atoms with Crippen LogP contribution in [0.5, 0.6) is 17.2 Å². The maximum Gasteiger partial charge on any atom is 0.337 e. The molecule has 0 bridgehead atoms. The van der Waals surface area contributed by atoms with Gasteiger partial charge in [-0.15, -0.1) is 0 Å². The second-order valence-electron chi connectivity index (χ2n) is 5.10. The Kier molecular flexibility index (Phi) is 6.21. The van der Waals surface area contributed by atoms with E-state index in [1.54, 1.807) is 30.3 Å². The van der Waals surface area contributed by atoms with Crippen LogP contribution in [0, 0.1) is 0 Å². The van der Waals surface area contributed by atoms with Crippen molar-refractivity contribution < 1.29 is 28.9 Å². The fourth-order valence-corrected chi connectivity index (χ4v) is 2.37. The van der Waals surface area contributed by atoms with E-state index >= 15 is 0 Å². The number of carbonyl (C=O) groups is 2. The van der Waals surface area contributed by atoms with E-state index in [0.717, 1.165) is 0 Å². The SMILES string of the molecule is COc1ccc(C=CC(=O)Nc2ccccc2C(=O)O)c(OC)c1OC.